The van der Waals surface area contributed by atoms with E-state index < -0.39 is 0 Å². The van der Waals surface area contributed by atoms with Gasteiger partial charge in [-0.25, -0.2) is 0 Å². The van der Waals surface area contributed by atoms with E-state index in [0.29, 0.717) is 5.56 Å². The zero-order valence-electron chi connectivity index (χ0n) is 21.6. The van der Waals surface area contributed by atoms with Crippen LogP contribution in [0, 0.1) is 5.92 Å². The quantitative estimate of drug-likeness (QED) is 0.328. The van der Waals surface area contributed by atoms with E-state index in [1.165, 1.54) is 36.9 Å². The maximum atomic E-state index is 13.2. The van der Waals surface area contributed by atoms with Gasteiger partial charge < -0.3 is 15.2 Å². The molecule has 1 aromatic heterocycles. The number of carbonyl (C=O) groups excluding carboxylic acids is 1. The predicted octanol–water partition coefficient (Wildman–Crippen LogP) is 6.65. The van der Waals surface area contributed by atoms with Crippen LogP contribution < -0.4 is 10.2 Å². The third kappa shape index (κ3) is 4.64. The van der Waals surface area contributed by atoms with Crippen molar-refractivity contribution >= 4 is 28.2 Å². The summed E-state index contributed by atoms with van der Waals surface area (Å²) in [6.07, 6.45) is 6.62. The largest absolute Gasteiger partial charge is 0.369 e. The molecule has 0 radical (unpaired) electrons. The summed E-state index contributed by atoms with van der Waals surface area (Å²) in [6, 6.07) is 27.3. The van der Waals surface area contributed by atoms with Gasteiger partial charge in [-0.3, -0.25) is 9.69 Å². The molecule has 6 rings (SSSR count). The van der Waals surface area contributed by atoms with Crippen LogP contribution in [0.4, 0.5) is 11.4 Å². The van der Waals surface area contributed by atoms with Crippen LogP contribution in [0.3, 0.4) is 0 Å². The number of anilines is 2. The van der Waals surface area contributed by atoms with Gasteiger partial charge >= 0.3 is 0 Å². The van der Waals surface area contributed by atoms with Crippen LogP contribution in [-0.4, -0.2) is 42.0 Å². The van der Waals surface area contributed by atoms with Gasteiger partial charge in [0.1, 0.15) is 0 Å². The monoisotopic (exact) mass is 492 g/mol. The first-order valence-electron chi connectivity index (χ1n) is 13.7. The third-order valence-electron chi connectivity index (χ3n) is 8.60. The Kier molecular flexibility index (Phi) is 6.47. The molecule has 5 heteroatoms. The molecular weight excluding hydrogens is 456 g/mol. The number of aromatic amines is 1. The molecule has 1 amide bonds. The molecule has 1 aliphatic heterocycles. The first-order chi connectivity index (χ1) is 18.1. The summed E-state index contributed by atoms with van der Waals surface area (Å²) in [5.41, 5.74) is 5.20. The first kappa shape index (κ1) is 23.8. The average molecular weight is 493 g/mol. The van der Waals surface area contributed by atoms with E-state index >= 15 is 0 Å². The second-order valence-corrected chi connectivity index (χ2v) is 10.8. The summed E-state index contributed by atoms with van der Waals surface area (Å²) in [5.74, 6) is 0.695. The van der Waals surface area contributed by atoms with Gasteiger partial charge in [-0.05, 0) is 67.5 Å². The van der Waals surface area contributed by atoms with Crippen LogP contribution in [-0.2, 0) is 5.54 Å². The number of rotatable bonds is 5. The fraction of sp³-hybridized carbons (Fsp3) is 0.344. The number of carbonyl (C=O) groups is 1. The summed E-state index contributed by atoms with van der Waals surface area (Å²) < 4.78 is 0. The Morgan fingerprint density at radius 1 is 0.892 bits per heavy atom. The minimum absolute atomic E-state index is 0.0246. The van der Waals surface area contributed by atoms with Gasteiger partial charge in [0, 0.05) is 60.2 Å². The van der Waals surface area contributed by atoms with Crippen LogP contribution in [0.5, 0.6) is 0 Å². The average Bonchev–Trinajstić information content (AvgIpc) is 3.39. The molecule has 0 unspecified atom stereocenters. The minimum Gasteiger partial charge on any atom is -0.369 e. The molecule has 1 aliphatic carbocycles. The highest BCUT2D eigenvalue weighted by Gasteiger charge is 2.42. The zero-order chi connectivity index (χ0) is 25.2. The minimum atomic E-state index is -0.0719. The van der Waals surface area contributed by atoms with E-state index in [1.807, 2.05) is 30.3 Å². The molecule has 190 valence electrons. The summed E-state index contributed by atoms with van der Waals surface area (Å²) in [7, 11) is 0. The first-order valence-corrected chi connectivity index (χ1v) is 13.7. The van der Waals surface area contributed by atoms with Gasteiger partial charge in [-0.1, -0.05) is 55.5 Å². The number of nitrogens with one attached hydrogen (secondary N) is 2. The van der Waals surface area contributed by atoms with Crippen molar-refractivity contribution in [2.75, 3.05) is 36.4 Å². The van der Waals surface area contributed by atoms with Gasteiger partial charge in [0.05, 0.1) is 5.56 Å². The second-order valence-electron chi connectivity index (χ2n) is 10.8. The topological polar surface area (TPSA) is 51.4 Å². The van der Waals surface area contributed by atoms with Gasteiger partial charge in [0.25, 0.3) is 5.91 Å². The SMILES string of the molecule is C[C@H]1CC[C@](c2cccc(NC(=O)c3c[nH]c4ccccc34)c2)(N2CCN(c3ccccc3)CC2)CC1. The van der Waals surface area contributed by atoms with E-state index in [9.17, 15) is 4.79 Å². The molecule has 2 heterocycles. The number of piperazine rings is 1. The number of hydrogen-bond acceptors (Lipinski definition) is 3. The van der Waals surface area contributed by atoms with E-state index in [-0.39, 0.29) is 11.4 Å². The maximum absolute atomic E-state index is 13.2. The Hall–Kier alpha value is -3.57. The van der Waals surface area contributed by atoms with E-state index in [2.05, 4.69) is 75.6 Å². The third-order valence-corrected chi connectivity index (χ3v) is 8.60. The molecule has 2 aliphatic rings. The van der Waals surface area contributed by atoms with Crippen LogP contribution in [0.25, 0.3) is 10.9 Å². The van der Waals surface area contributed by atoms with E-state index in [4.69, 9.17) is 0 Å². The lowest BCUT2D eigenvalue weighted by Gasteiger charge is -2.51. The molecule has 3 aromatic carbocycles. The Labute approximate surface area is 219 Å². The molecule has 0 atom stereocenters. The number of nitrogens with zero attached hydrogens (tertiary/aromatic N) is 2. The smallest absolute Gasteiger partial charge is 0.257 e. The fourth-order valence-electron chi connectivity index (χ4n) is 6.40. The predicted molar refractivity (Wildman–Crippen MR) is 152 cm³/mol. The lowest BCUT2D eigenvalue weighted by Crippen LogP contribution is -2.56. The molecule has 1 saturated heterocycles. The van der Waals surface area contributed by atoms with E-state index in [1.54, 1.807) is 6.20 Å². The van der Waals surface area contributed by atoms with Crippen molar-refractivity contribution in [3.63, 3.8) is 0 Å². The summed E-state index contributed by atoms with van der Waals surface area (Å²) >= 11 is 0. The lowest BCUT2D eigenvalue weighted by atomic mass is 9.71. The number of H-pyrrole nitrogens is 1. The van der Waals surface area contributed by atoms with Crippen molar-refractivity contribution in [2.45, 2.75) is 38.1 Å². The molecule has 5 nitrogen and oxygen atoms in total. The van der Waals surface area contributed by atoms with Crippen molar-refractivity contribution in [1.82, 2.24) is 9.88 Å². The highest BCUT2D eigenvalue weighted by molar-refractivity contribution is 6.12. The van der Waals surface area contributed by atoms with Gasteiger partial charge in [-0.15, -0.1) is 0 Å². The number of para-hydroxylation sites is 2. The van der Waals surface area contributed by atoms with Crippen molar-refractivity contribution in [3.8, 4) is 0 Å². The lowest BCUT2D eigenvalue weighted by molar-refractivity contribution is 0.0299. The standard InChI is InChI=1S/C32H36N4O/c1-24-14-16-32(17-15-24,36-20-18-35(19-21-36)27-10-3-2-4-11-27)25-8-7-9-26(22-25)34-31(37)29-23-33-30-13-6-5-12-28(29)30/h2-13,22-24,33H,14-21H2,1H3,(H,34,37)/t24-,32-. The van der Waals surface area contributed by atoms with Gasteiger partial charge in [-0.2, -0.15) is 0 Å². The number of fused-ring (bicyclic) bond motifs is 1. The fourth-order valence-corrected chi connectivity index (χ4v) is 6.40. The molecule has 4 aromatic rings. The second kappa shape index (κ2) is 10.1. The van der Waals surface area contributed by atoms with Crippen molar-refractivity contribution in [2.24, 2.45) is 5.92 Å². The molecule has 0 spiro atoms. The summed E-state index contributed by atoms with van der Waals surface area (Å²) in [6.45, 7) is 6.57. The zero-order valence-corrected chi connectivity index (χ0v) is 21.6. The van der Waals surface area contributed by atoms with Crippen molar-refractivity contribution in [3.05, 3.63) is 96.2 Å². The van der Waals surface area contributed by atoms with Gasteiger partial charge in [0.15, 0.2) is 0 Å². The molecular formula is C32H36N4O. The number of hydrogen-bond donors (Lipinski definition) is 2. The summed E-state index contributed by atoms with van der Waals surface area (Å²) in [4.78, 5) is 21.7. The molecule has 0 bridgehead atoms. The molecule has 1 saturated carbocycles. The Balaban J connectivity index is 1.24. The highest BCUT2D eigenvalue weighted by Crippen LogP contribution is 2.45. The summed E-state index contributed by atoms with van der Waals surface area (Å²) in [5, 5.41) is 4.14. The van der Waals surface area contributed by atoms with Crippen LogP contribution >= 0.6 is 0 Å². The Morgan fingerprint density at radius 2 is 1.62 bits per heavy atom. The number of aromatic nitrogens is 1. The highest BCUT2D eigenvalue weighted by atomic mass is 16.1. The molecule has 2 N–H and O–H groups in total. The van der Waals surface area contributed by atoms with Crippen LogP contribution in [0.1, 0.15) is 48.5 Å². The molecule has 2 fully saturated rings. The maximum Gasteiger partial charge on any atom is 0.257 e. The van der Waals surface area contributed by atoms with Crippen LogP contribution in [0.2, 0.25) is 0 Å². The normalized spacial score (nSPS) is 22.7. The van der Waals surface area contributed by atoms with Crippen molar-refractivity contribution < 1.29 is 4.79 Å². The van der Waals surface area contributed by atoms with Gasteiger partial charge in [0.2, 0.25) is 0 Å². The van der Waals surface area contributed by atoms with Crippen molar-refractivity contribution in [1.29, 1.82) is 0 Å². The number of benzene rings is 3. The Bertz CT molecular complexity index is 1360. The van der Waals surface area contributed by atoms with E-state index in [0.717, 1.165) is 48.7 Å². The molecule has 37 heavy (non-hydrogen) atoms. The Morgan fingerprint density at radius 3 is 2.41 bits per heavy atom. The van der Waals surface area contributed by atoms with Crippen LogP contribution in [0.15, 0.2) is 85.1 Å². The number of amides is 1.